The van der Waals surface area contributed by atoms with E-state index in [-0.39, 0.29) is 0 Å². The quantitative estimate of drug-likeness (QED) is 0.864. The maximum absolute atomic E-state index is 5.98. The minimum atomic E-state index is 0.417. The number of nitrogens with one attached hydrogen (secondary N) is 1. The molecule has 2 fully saturated rings. The van der Waals surface area contributed by atoms with Crippen molar-refractivity contribution in [3.05, 3.63) is 29.8 Å². The van der Waals surface area contributed by atoms with E-state index in [9.17, 15) is 0 Å². The highest BCUT2D eigenvalue weighted by molar-refractivity contribution is 5.27. The van der Waals surface area contributed by atoms with Gasteiger partial charge in [0.05, 0.1) is 12.2 Å². The van der Waals surface area contributed by atoms with Gasteiger partial charge in [0.25, 0.3) is 0 Å². The highest BCUT2D eigenvalue weighted by Crippen LogP contribution is 2.24. The molecule has 1 saturated heterocycles. The van der Waals surface area contributed by atoms with E-state index in [1.807, 2.05) is 0 Å². The van der Waals surface area contributed by atoms with Crippen molar-refractivity contribution in [3.8, 4) is 5.75 Å². The number of rotatable bonds is 6. The van der Waals surface area contributed by atoms with E-state index in [0.29, 0.717) is 12.2 Å². The summed E-state index contributed by atoms with van der Waals surface area (Å²) in [5, 5.41) is 3.47. The summed E-state index contributed by atoms with van der Waals surface area (Å²) in [4.78, 5) is 0. The summed E-state index contributed by atoms with van der Waals surface area (Å²) in [6.07, 6.45) is 8.32. The first-order valence-corrected chi connectivity index (χ1v) is 7.98. The summed E-state index contributed by atoms with van der Waals surface area (Å²) in [7, 11) is 0. The highest BCUT2D eigenvalue weighted by Gasteiger charge is 2.16. The minimum Gasteiger partial charge on any atom is -0.490 e. The molecule has 0 aromatic heterocycles. The van der Waals surface area contributed by atoms with Gasteiger partial charge in [-0.1, -0.05) is 12.1 Å². The molecular formula is C17H25NO2. The van der Waals surface area contributed by atoms with Gasteiger partial charge in [-0.05, 0) is 56.2 Å². The summed E-state index contributed by atoms with van der Waals surface area (Å²) in [5.74, 6) is 1.01. The molecule has 1 heterocycles. The number of hydrogen-bond acceptors (Lipinski definition) is 3. The van der Waals surface area contributed by atoms with Crippen LogP contribution in [-0.2, 0) is 11.3 Å². The Balaban J connectivity index is 1.41. The molecule has 3 heteroatoms. The van der Waals surface area contributed by atoms with Gasteiger partial charge >= 0.3 is 0 Å². The zero-order valence-electron chi connectivity index (χ0n) is 12.1. The van der Waals surface area contributed by atoms with Gasteiger partial charge in [-0.2, -0.15) is 0 Å². The molecule has 1 N–H and O–H groups in total. The summed E-state index contributed by atoms with van der Waals surface area (Å²) < 4.78 is 11.6. The molecule has 1 aromatic carbocycles. The topological polar surface area (TPSA) is 30.5 Å². The van der Waals surface area contributed by atoms with Crippen LogP contribution in [0.2, 0.25) is 0 Å². The van der Waals surface area contributed by atoms with Crippen molar-refractivity contribution in [2.24, 2.45) is 0 Å². The van der Waals surface area contributed by atoms with Gasteiger partial charge < -0.3 is 14.8 Å². The Morgan fingerprint density at radius 2 is 1.85 bits per heavy atom. The largest absolute Gasteiger partial charge is 0.490 e. The monoisotopic (exact) mass is 275 g/mol. The number of hydrogen-bond donors (Lipinski definition) is 1. The van der Waals surface area contributed by atoms with Crippen molar-refractivity contribution in [3.63, 3.8) is 0 Å². The second kappa shape index (κ2) is 7.09. The molecule has 110 valence electrons. The van der Waals surface area contributed by atoms with Crippen LogP contribution in [0.3, 0.4) is 0 Å². The first kappa shape index (κ1) is 13.9. The fraction of sp³-hybridized carbons (Fsp3) is 0.647. The molecule has 20 heavy (non-hydrogen) atoms. The summed E-state index contributed by atoms with van der Waals surface area (Å²) in [6, 6.07) is 8.52. The Bertz CT molecular complexity index is 392. The normalized spacial score (nSPS) is 23.3. The average molecular weight is 275 g/mol. The smallest absolute Gasteiger partial charge is 0.119 e. The molecule has 1 saturated carbocycles. The lowest BCUT2D eigenvalue weighted by atomic mass is 10.2. The van der Waals surface area contributed by atoms with Crippen LogP contribution in [0.15, 0.2) is 24.3 Å². The Labute approximate surface area is 121 Å². The van der Waals surface area contributed by atoms with Crippen LogP contribution in [-0.4, -0.2) is 25.4 Å². The Morgan fingerprint density at radius 3 is 2.55 bits per heavy atom. The van der Waals surface area contributed by atoms with Crippen LogP contribution in [0.25, 0.3) is 0 Å². The number of ether oxygens (including phenoxy) is 2. The molecule has 3 nitrogen and oxygen atoms in total. The molecule has 1 unspecified atom stereocenters. The van der Waals surface area contributed by atoms with Crippen molar-refractivity contribution in [2.75, 3.05) is 13.2 Å². The van der Waals surface area contributed by atoms with Crippen molar-refractivity contribution in [1.82, 2.24) is 5.32 Å². The van der Waals surface area contributed by atoms with Crippen molar-refractivity contribution in [1.29, 1.82) is 0 Å². The van der Waals surface area contributed by atoms with E-state index in [1.54, 1.807) is 0 Å². The molecule has 1 aliphatic heterocycles. The van der Waals surface area contributed by atoms with Crippen molar-refractivity contribution < 1.29 is 9.47 Å². The predicted octanol–water partition coefficient (Wildman–Crippen LogP) is 3.28. The fourth-order valence-electron chi connectivity index (χ4n) is 3.07. The number of benzene rings is 1. The van der Waals surface area contributed by atoms with Gasteiger partial charge in [0, 0.05) is 19.7 Å². The zero-order chi connectivity index (χ0) is 13.6. The zero-order valence-corrected chi connectivity index (χ0v) is 12.1. The second-order valence-corrected chi connectivity index (χ2v) is 5.93. The third-order valence-electron chi connectivity index (χ3n) is 4.25. The molecule has 0 spiro atoms. The summed E-state index contributed by atoms with van der Waals surface area (Å²) in [5.41, 5.74) is 1.31. The Hall–Kier alpha value is -1.06. The first-order valence-electron chi connectivity index (χ1n) is 7.98. The van der Waals surface area contributed by atoms with Crippen LogP contribution in [0.1, 0.15) is 44.1 Å². The molecule has 0 bridgehead atoms. The van der Waals surface area contributed by atoms with E-state index in [0.717, 1.165) is 25.4 Å². The van der Waals surface area contributed by atoms with Crippen molar-refractivity contribution >= 4 is 0 Å². The average Bonchev–Trinajstić information content (AvgIpc) is 3.14. The molecule has 0 amide bonds. The van der Waals surface area contributed by atoms with Gasteiger partial charge in [0.2, 0.25) is 0 Å². The van der Waals surface area contributed by atoms with Gasteiger partial charge in [0.1, 0.15) is 5.75 Å². The lowest BCUT2D eigenvalue weighted by Gasteiger charge is -2.14. The summed E-state index contributed by atoms with van der Waals surface area (Å²) >= 11 is 0. The molecular weight excluding hydrogens is 250 g/mol. The predicted molar refractivity (Wildman–Crippen MR) is 80.0 cm³/mol. The van der Waals surface area contributed by atoms with Crippen LogP contribution in [0.4, 0.5) is 0 Å². The third kappa shape index (κ3) is 3.97. The SMILES string of the molecule is c1cc(OC2CCCC2)ccc1CNCC1CCCO1. The Kier molecular flexibility index (Phi) is 4.93. The third-order valence-corrected chi connectivity index (χ3v) is 4.25. The maximum Gasteiger partial charge on any atom is 0.119 e. The highest BCUT2D eigenvalue weighted by atomic mass is 16.5. The standard InChI is InChI=1S/C17H25NO2/c1-2-5-15(4-1)20-16-9-7-14(8-10-16)12-18-13-17-6-3-11-19-17/h7-10,15,17-18H,1-6,11-13H2. The van der Waals surface area contributed by atoms with Crippen LogP contribution >= 0.6 is 0 Å². The van der Waals surface area contributed by atoms with E-state index in [1.165, 1.54) is 44.1 Å². The van der Waals surface area contributed by atoms with Gasteiger partial charge in [-0.15, -0.1) is 0 Å². The molecule has 2 aliphatic rings. The van der Waals surface area contributed by atoms with Gasteiger partial charge in [0.15, 0.2) is 0 Å². The van der Waals surface area contributed by atoms with Crippen molar-refractivity contribution in [2.45, 2.75) is 57.3 Å². The molecule has 3 rings (SSSR count). The first-order chi connectivity index (χ1) is 9.90. The lowest BCUT2D eigenvalue weighted by molar-refractivity contribution is 0.110. The van der Waals surface area contributed by atoms with E-state index in [2.05, 4.69) is 29.6 Å². The van der Waals surface area contributed by atoms with E-state index >= 15 is 0 Å². The lowest BCUT2D eigenvalue weighted by Crippen LogP contribution is -2.25. The molecule has 0 radical (unpaired) electrons. The van der Waals surface area contributed by atoms with Crippen LogP contribution in [0.5, 0.6) is 5.75 Å². The second-order valence-electron chi connectivity index (χ2n) is 5.93. The summed E-state index contributed by atoms with van der Waals surface area (Å²) in [6.45, 7) is 2.80. The fourth-order valence-corrected chi connectivity index (χ4v) is 3.07. The van der Waals surface area contributed by atoms with E-state index < -0.39 is 0 Å². The molecule has 1 aliphatic carbocycles. The van der Waals surface area contributed by atoms with Gasteiger partial charge in [-0.25, -0.2) is 0 Å². The molecule has 1 atom stereocenters. The van der Waals surface area contributed by atoms with E-state index in [4.69, 9.17) is 9.47 Å². The Morgan fingerprint density at radius 1 is 1.05 bits per heavy atom. The van der Waals surface area contributed by atoms with Gasteiger partial charge in [-0.3, -0.25) is 0 Å². The van der Waals surface area contributed by atoms with Crippen LogP contribution in [0, 0.1) is 0 Å². The molecule has 1 aromatic rings. The minimum absolute atomic E-state index is 0.417. The van der Waals surface area contributed by atoms with Crippen LogP contribution < -0.4 is 10.1 Å². The maximum atomic E-state index is 5.98.